The Labute approximate surface area is 135 Å². The molecule has 0 saturated carbocycles. The Hall–Kier alpha value is -2.04. The predicted molar refractivity (Wildman–Crippen MR) is 94.3 cm³/mol. The molecular weight excluding hydrogens is 266 g/mol. The number of unbranched alkanes of at least 4 members (excludes halogenated alkanes) is 2. The lowest BCUT2D eigenvalue weighted by atomic mass is 10.1. The third kappa shape index (κ3) is 6.16. The Bertz CT molecular complexity index is 536. The minimum atomic E-state index is 0.827. The van der Waals surface area contributed by atoms with Crippen molar-refractivity contribution in [2.45, 2.75) is 39.3 Å². The molecule has 114 valence electrons. The van der Waals surface area contributed by atoms with Crippen molar-refractivity contribution in [3.63, 3.8) is 0 Å². The Morgan fingerprint density at radius 1 is 0.773 bits per heavy atom. The van der Waals surface area contributed by atoms with E-state index >= 15 is 0 Å². The average molecular weight is 291 g/mol. The zero-order valence-electron chi connectivity index (χ0n) is 13.5. The van der Waals surface area contributed by atoms with Crippen molar-refractivity contribution in [2.75, 3.05) is 6.54 Å². The number of rotatable bonds is 7. The molecule has 2 aromatic carbocycles. The van der Waals surface area contributed by atoms with Gasteiger partial charge in [0.1, 0.15) is 0 Å². The molecule has 0 saturated heterocycles. The second-order valence-corrected chi connectivity index (χ2v) is 5.57. The predicted octanol–water partition coefficient (Wildman–Crippen LogP) is 4.88. The third-order valence-corrected chi connectivity index (χ3v) is 3.58. The maximum Gasteiger partial charge on any atom is 0.0607 e. The normalized spacial score (nSPS) is 10.3. The monoisotopic (exact) mass is 291 g/mol. The lowest BCUT2D eigenvalue weighted by Crippen LogP contribution is -2.23. The van der Waals surface area contributed by atoms with Crippen molar-refractivity contribution < 1.29 is 0 Å². The van der Waals surface area contributed by atoms with E-state index in [1.165, 1.54) is 24.0 Å². The van der Waals surface area contributed by atoms with Crippen LogP contribution in [0.2, 0.25) is 0 Å². The fraction of sp³-hybridized carbons (Fsp3) is 0.333. The highest BCUT2D eigenvalue weighted by molar-refractivity contribution is 5.17. The van der Waals surface area contributed by atoms with Crippen LogP contribution in [0.3, 0.4) is 0 Å². The van der Waals surface area contributed by atoms with E-state index in [0.717, 1.165) is 26.1 Å². The van der Waals surface area contributed by atoms with Crippen LogP contribution >= 0.6 is 0 Å². The van der Waals surface area contributed by atoms with Crippen molar-refractivity contribution >= 4 is 0 Å². The molecule has 0 aromatic heterocycles. The maximum absolute atomic E-state index is 3.34. The molecule has 0 aliphatic rings. The van der Waals surface area contributed by atoms with E-state index in [-0.39, 0.29) is 0 Å². The fourth-order valence-corrected chi connectivity index (χ4v) is 2.37. The van der Waals surface area contributed by atoms with Crippen molar-refractivity contribution in [2.24, 2.45) is 0 Å². The first-order valence-corrected chi connectivity index (χ1v) is 8.14. The van der Waals surface area contributed by atoms with Crippen LogP contribution in [0, 0.1) is 11.8 Å². The molecule has 2 aromatic rings. The summed E-state index contributed by atoms with van der Waals surface area (Å²) in [5, 5.41) is 0. The van der Waals surface area contributed by atoms with Crippen LogP contribution < -0.4 is 0 Å². The van der Waals surface area contributed by atoms with Gasteiger partial charge < -0.3 is 0 Å². The molecule has 0 atom stereocenters. The third-order valence-electron chi connectivity index (χ3n) is 3.58. The molecule has 0 heterocycles. The molecule has 0 fully saturated rings. The maximum atomic E-state index is 3.34. The van der Waals surface area contributed by atoms with Crippen molar-refractivity contribution in [1.29, 1.82) is 0 Å². The smallest absolute Gasteiger partial charge is 0.0607 e. The van der Waals surface area contributed by atoms with E-state index in [2.05, 4.69) is 84.3 Å². The summed E-state index contributed by atoms with van der Waals surface area (Å²) in [6, 6.07) is 21.3. The summed E-state index contributed by atoms with van der Waals surface area (Å²) in [5.74, 6) is 6.63. The van der Waals surface area contributed by atoms with Gasteiger partial charge in [-0.3, -0.25) is 4.90 Å². The summed E-state index contributed by atoms with van der Waals surface area (Å²) < 4.78 is 0. The highest BCUT2D eigenvalue weighted by Gasteiger charge is 2.05. The van der Waals surface area contributed by atoms with Crippen molar-refractivity contribution in [3.05, 3.63) is 71.8 Å². The summed E-state index contributed by atoms with van der Waals surface area (Å²) in [4.78, 5) is 2.41. The molecule has 22 heavy (non-hydrogen) atoms. The van der Waals surface area contributed by atoms with Gasteiger partial charge in [-0.1, -0.05) is 79.9 Å². The Morgan fingerprint density at radius 2 is 1.32 bits per heavy atom. The second-order valence-electron chi connectivity index (χ2n) is 5.57. The molecule has 0 spiro atoms. The van der Waals surface area contributed by atoms with Crippen LogP contribution in [0.15, 0.2) is 60.7 Å². The molecule has 2 rings (SSSR count). The van der Waals surface area contributed by atoms with Gasteiger partial charge in [-0.15, -0.1) is 5.92 Å². The van der Waals surface area contributed by atoms with Gasteiger partial charge in [0.25, 0.3) is 0 Å². The average Bonchev–Trinajstić information content (AvgIpc) is 2.56. The Morgan fingerprint density at radius 3 is 1.82 bits per heavy atom. The number of hydrogen-bond acceptors (Lipinski definition) is 1. The minimum Gasteiger partial charge on any atom is -0.284 e. The van der Waals surface area contributed by atoms with E-state index in [0.29, 0.717) is 0 Å². The molecule has 0 bridgehead atoms. The summed E-state index contributed by atoms with van der Waals surface area (Å²) in [5.41, 5.74) is 2.68. The van der Waals surface area contributed by atoms with Gasteiger partial charge in [0.05, 0.1) is 6.54 Å². The minimum absolute atomic E-state index is 0.827. The van der Waals surface area contributed by atoms with E-state index in [9.17, 15) is 0 Å². The van der Waals surface area contributed by atoms with Crippen LogP contribution in [-0.4, -0.2) is 11.4 Å². The number of hydrogen-bond donors (Lipinski definition) is 0. The van der Waals surface area contributed by atoms with Gasteiger partial charge in [0.2, 0.25) is 0 Å². The van der Waals surface area contributed by atoms with Gasteiger partial charge >= 0.3 is 0 Å². The molecule has 0 amide bonds. The molecule has 1 nitrogen and oxygen atoms in total. The van der Waals surface area contributed by atoms with Crippen LogP contribution in [0.1, 0.15) is 37.3 Å². The summed E-state index contributed by atoms with van der Waals surface area (Å²) in [6.45, 7) is 4.92. The van der Waals surface area contributed by atoms with Crippen molar-refractivity contribution in [3.8, 4) is 11.8 Å². The molecule has 1 heteroatoms. The van der Waals surface area contributed by atoms with Gasteiger partial charge in [-0.2, -0.15) is 0 Å². The van der Waals surface area contributed by atoms with Crippen LogP contribution in [-0.2, 0) is 13.1 Å². The molecular formula is C21H25N. The molecule has 0 aliphatic heterocycles. The van der Waals surface area contributed by atoms with Crippen LogP contribution in [0.5, 0.6) is 0 Å². The molecule has 0 unspecified atom stereocenters. The Balaban J connectivity index is 1.98. The van der Waals surface area contributed by atoms with Gasteiger partial charge in [-0.25, -0.2) is 0 Å². The van der Waals surface area contributed by atoms with Gasteiger partial charge in [0, 0.05) is 19.5 Å². The zero-order valence-corrected chi connectivity index (χ0v) is 13.5. The standard InChI is InChI=1S/C21H25N/c1-2-3-4-5-12-17-22(18-20-13-8-6-9-14-20)19-21-15-10-7-11-16-21/h6-11,13-16H,2-4,17-19H2,1H3. The highest BCUT2D eigenvalue weighted by atomic mass is 15.1. The number of benzene rings is 2. The fourth-order valence-electron chi connectivity index (χ4n) is 2.37. The van der Waals surface area contributed by atoms with E-state index in [4.69, 9.17) is 0 Å². The highest BCUT2D eigenvalue weighted by Crippen LogP contribution is 2.09. The van der Waals surface area contributed by atoms with Crippen molar-refractivity contribution in [1.82, 2.24) is 4.90 Å². The largest absolute Gasteiger partial charge is 0.284 e. The topological polar surface area (TPSA) is 3.24 Å². The van der Waals surface area contributed by atoms with Gasteiger partial charge in [0.15, 0.2) is 0 Å². The SMILES string of the molecule is CCCCC#CCN(Cc1ccccc1)Cc1ccccc1. The quantitative estimate of drug-likeness (QED) is 0.519. The summed E-state index contributed by atoms with van der Waals surface area (Å²) in [7, 11) is 0. The summed E-state index contributed by atoms with van der Waals surface area (Å²) in [6.07, 6.45) is 3.43. The van der Waals surface area contributed by atoms with Crippen LogP contribution in [0.4, 0.5) is 0 Å². The first-order valence-electron chi connectivity index (χ1n) is 8.14. The van der Waals surface area contributed by atoms with Gasteiger partial charge in [-0.05, 0) is 17.5 Å². The lowest BCUT2D eigenvalue weighted by Gasteiger charge is -2.20. The Kier molecular flexibility index (Phi) is 7.29. The van der Waals surface area contributed by atoms with E-state index in [1.807, 2.05) is 0 Å². The lowest BCUT2D eigenvalue weighted by molar-refractivity contribution is 0.290. The molecule has 0 N–H and O–H groups in total. The van der Waals surface area contributed by atoms with E-state index in [1.54, 1.807) is 0 Å². The summed E-state index contributed by atoms with van der Waals surface area (Å²) >= 11 is 0. The molecule has 0 aliphatic carbocycles. The van der Waals surface area contributed by atoms with E-state index < -0.39 is 0 Å². The first-order chi connectivity index (χ1) is 10.9. The zero-order chi connectivity index (χ0) is 15.5. The first kappa shape index (κ1) is 16.3. The second kappa shape index (κ2) is 9.82. The number of nitrogens with zero attached hydrogens (tertiary/aromatic N) is 1. The molecule has 0 radical (unpaired) electrons. The van der Waals surface area contributed by atoms with Crippen LogP contribution in [0.25, 0.3) is 0 Å².